The highest BCUT2D eigenvalue weighted by molar-refractivity contribution is 6.05. The highest BCUT2D eigenvalue weighted by atomic mass is 16.3. The Kier molecular flexibility index (Phi) is 3.43. The van der Waals surface area contributed by atoms with Crippen LogP contribution in [-0.4, -0.2) is 58.8 Å². The van der Waals surface area contributed by atoms with Crippen LogP contribution in [0.15, 0.2) is 0 Å². The molecular weight excluding hydrogens is 200 g/mol. The summed E-state index contributed by atoms with van der Waals surface area (Å²) in [5.41, 5.74) is -1.27. The fourth-order valence-corrected chi connectivity index (χ4v) is 1.31. The van der Waals surface area contributed by atoms with Gasteiger partial charge in [-0.1, -0.05) is 0 Å². The zero-order chi connectivity index (χ0) is 11.6. The fraction of sp³-hybridized carbons (Fsp3) is 0.778. The molecule has 86 valence electrons. The summed E-state index contributed by atoms with van der Waals surface area (Å²) in [7, 11) is 1.43. The number of carbonyl (C=O) groups is 2. The Hall–Kier alpha value is -0.980. The van der Waals surface area contributed by atoms with Crippen molar-refractivity contribution in [2.24, 2.45) is 0 Å². The molecule has 0 aliphatic carbocycles. The lowest BCUT2D eigenvalue weighted by molar-refractivity contribution is -0.137. The van der Waals surface area contributed by atoms with Crippen molar-refractivity contribution >= 4 is 11.8 Å². The second kappa shape index (κ2) is 4.26. The number of aliphatic hydroxyl groups excluding tert-OH is 1. The van der Waals surface area contributed by atoms with Crippen molar-refractivity contribution in [3.63, 3.8) is 0 Å². The molecule has 1 rings (SSSR count). The third kappa shape index (κ3) is 2.74. The second-order valence-corrected chi connectivity index (χ2v) is 4.08. The third-order valence-electron chi connectivity index (χ3n) is 2.45. The number of nitrogens with zero attached hydrogens (tertiary/aromatic N) is 1. The number of imide groups is 1. The molecule has 15 heavy (non-hydrogen) atoms. The predicted octanol–water partition coefficient (Wildman–Crippen LogP) is -1.92. The standard InChI is InChI=1S/C9H16N2O4/c1-9(15,5-12)4-10-6-3-7(13)11(2)8(6)14/h6,10,12,15H,3-5H2,1-2H3. The molecule has 0 spiro atoms. The van der Waals surface area contributed by atoms with Crippen molar-refractivity contribution in [1.29, 1.82) is 0 Å². The Balaban J connectivity index is 2.48. The maximum atomic E-state index is 11.4. The first-order chi connectivity index (χ1) is 6.87. The molecule has 1 aliphatic heterocycles. The normalized spacial score (nSPS) is 25.9. The zero-order valence-corrected chi connectivity index (χ0v) is 8.86. The van der Waals surface area contributed by atoms with Gasteiger partial charge in [-0.05, 0) is 6.92 Å². The number of hydrogen-bond acceptors (Lipinski definition) is 5. The molecule has 2 amide bonds. The fourth-order valence-electron chi connectivity index (χ4n) is 1.31. The molecular formula is C9H16N2O4. The van der Waals surface area contributed by atoms with Crippen LogP contribution in [0.3, 0.4) is 0 Å². The van der Waals surface area contributed by atoms with E-state index < -0.39 is 18.2 Å². The Morgan fingerprint density at radius 2 is 2.20 bits per heavy atom. The first-order valence-corrected chi connectivity index (χ1v) is 4.74. The van der Waals surface area contributed by atoms with Crippen molar-refractivity contribution in [3.8, 4) is 0 Å². The molecule has 1 heterocycles. The van der Waals surface area contributed by atoms with Crippen molar-refractivity contribution in [2.75, 3.05) is 20.2 Å². The summed E-state index contributed by atoms with van der Waals surface area (Å²) in [6.07, 6.45) is 0.108. The van der Waals surface area contributed by atoms with Gasteiger partial charge in [0, 0.05) is 13.6 Å². The van der Waals surface area contributed by atoms with Crippen LogP contribution in [0.2, 0.25) is 0 Å². The molecule has 0 radical (unpaired) electrons. The Morgan fingerprint density at radius 1 is 1.60 bits per heavy atom. The van der Waals surface area contributed by atoms with Crippen molar-refractivity contribution < 1.29 is 19.8 Å². The lowest BCUT2D eigenvalue weighted by Gasteiger charge is -2.22. The van der Waals surface area contributed by atoms with Gasteiger partial charge in [0.25, 0.3) is 0 Å². The van der Waals surface area contributed by atoms with Gasteiger partial charge in [0.05, 0.1) is 24.7 Å². The number of carbonyl (C=O) groups excluding carboxylic acids is 2. The SMILES string of the molecule is CN1C(=O)CC(NCC(C)(O)CO)C1=O. The van der Waals surface area contributed by atoms with Crippen LogP contribution < -0.4 is 5.32 Å². The zero-order valence-electron chi connectivity index (χ0n) is 8.86. The molecule has 0 bridgehead atoms. The minimum absolute atomic E-state index is 0.0705. The number of likely N-dealkylation sites (N-methyl/N-ethyl adjacent to an activating group) is 1. The highest BCUT2D eigenvalue weighted by Crippen LogP contribution is 2.11. The van der Waals surface area contributed by atoms with Gasteiger partial charge in [-0.15, -0.1) is 0 Å². The van der Waals surface area contributed by atoms with E-state index >= 15 is 0 Å². The van der Waals surface area contributed by atoms with Crippen LogP contribution in [0.25, 0.3) is 0 Å². The predicted molar refractivity (Wildman–Crippen MR) is 51.9 cm³/mol. The molecule has 0 aromatic rings. The van der Waals surface area contributed by atoms with Crippen molar-refractivity contribution in [1.82, 2.24) is 10.2 Å². The van der Waals surface area contributed by atoms with E-state index in [0.29, 0.717) is 0 Å². The second-order valence-electron chi connectivity index (χ2n) is 4.08. The minimum atomic E-state index is -1.27. The quantitative estimate of drug-likeness (QED) is 0.476. The van der Waals surface area contributed by atoms with Crippen LogP contribution >= 0.6 is 0 Å². The number of aliphatic hydroxyl groups is 2. The summed E-state index contributed by atoms with van der Waals surface area (Å²) in [6.45, 7) is 1.12. The van der Waals surface area contributed by atoms with Gasteiger partial charge in [0.15, 0.2) is 0 Å². The molecule has 0 aromatic carbocycles. The van der Waals surface area contributed by atoms with Gasteiger partial charge in [-0.3, -0.25) is 14.5 Å². The van der Waals surface area contributed by atoms with Gasteiger partial charge < -0.3 is 15.5 Å². The van der Waals surface area contributed by atoms with Crippen LogP contribution in [0.5, 0.6) is 0 Å². The van der Waals surface area contributed by atoms with Gasteiger partial charge in [0.1, 0.15) is 0 Å². The van der Waals surface area contributed by atoms with Crippen LogP contribution in [0, 0.1) is 0 Å². The van der Waals surface area contributed by atoms with Gasteiger partial charge in [0.2, 0.25) is 11.8 Å². The maximum Gasteiger partial charge on any atom is 0.246 e. The summed E-state index contributed by atoms with van der Waals surface area (Å²) in [4.78, 5) is 23.6. The largest absolute Gasteiger partial charge is 0.393 e. The van der Waals surface area contributed by atoms with E-state index in [1.165, 1.54) is 14.0 Å². The molecule has 2 atom stereocenters. The summed E-state index contributed by atoms with van der Waals surface area (Å²) in [5.74, 6) is -0.533. The number of hydrogen-bond donors (Lipinski definition) is 3. The molecule has 0 saturated carbocycles. The van der Waals surface area contributed by atoms with E-state index in [0.717, 1.165) is 4.90 Å². The first kappa shape index (κ1) is 12.1. The minimum Gasteiger partial charge on any atom is -0.393 e. The van der Waals surface area contributed by atoms with E-state index in [2.05, 4.69) is 5.32 Å². The molecule has 1 saturated heterocycles. The highest BCUT2D eigenvalue weighted by Gasteiger charge is 2.36. The molecule has 6 nitrogen and oxygen atoms in total. The number of likely N-dealkylation sites (tertiary alicyclic amines) is 1. The smallest absolute Gasteiger partial charge is 0.246 e. The van der Waals surface area contributed by atoms with Gasteiger partial charge in [-0.25, -0.2) is 0 Å². The Morgan fingerprint density at radius 3 is 2.60 bits per heavy atom. The summed E-state index contributed by atoms with van der Waals surface area (Å²) in [6, 6.07) is -0.583. The Labute approximate surface area is 87.9 Å². The summed E-state index contributed by atoms with van der Waals surface area (Å²) >= 11 is 0. The number of amides is 2. The van der Waals surface area contributed by atoms with Crippen LogP contribution in [-0.2, 0) is 9.59 Å². The lowest BCUT2D eigenvalue weighted by atomic mass is 10.1. The van der Waals surface area contributed by atoms with Gasteiger partial charge >= 0.3 is 0 Å². The van der Waals surface area contributed by atoms with Crippen LogP contribution in [0.1, 0.15) is 13.3 Å². The summed E-state index contributed by atoms with van der Waals surface area (Å²) < 4.78 is 0. The maximum absolute atomic E-state index is 11.4. The van der Waals surface area contributed by atoms with Crippen LogP contribution in [0.4, 0.5) is 0 Å². The first-order valence-electron chi connectivity index (χ1n) is 4.74. The molecule has 1 fully saturated rings. The summed E-state index contributed by atoms with van der Waals surface area (Å²) in [5, 5.41) is 21.0. The van der Waals surface area contributed by atoms with Crippen molar-refractivity contribution in [3.05, 3.63) is 0 Å². The average Bonchev–Trinajstić information content (AvgIpc) is 2.43. The lowest BCUT2D eigenvalue weighted by Crippen LogP contribution is -2.47. The molecule has 0 aromatic heterocycles. The number of nitrogens with one attached hydrogen (secondary N) is 1. The third-order valence-corrected chi connectivity index (χ3v) is 2.45. The molecule has 3 N–H and O–H groups in total. The van der Waals surface area contributed by atoms with E-state index in [-0.39, 0.29) is 24.8 Å². The average molecular weight is 216 g/mol. The van der Waals surface area contributed by atoms with E-state index in [1.54, 1.807) is 0 Å². The van der Waals surface area contributed by atoms with Crippen molar-refractivity contribution in [2.45, 2.75) is 25.0 Å². The van der Waals surface area contributed by atoms with E-state index in [4.69, 9.17) is 5.11 Å². The topological polar surface area (TPSA) is 89.9 Å². The van der Waals surface area contributed by atoms with E-state index in [9.17, 15) is 14.7 Å². The molecule has 6 heteroatoms. The van der Waals surface area contributed by atoms with Gasteiger partial charge in [-0.2, -0.15) is 0 Å². The Bertz CT molecular complexity index is 277. The monoisotopic (exact) mass is 216 g/mol. The molecule has 2 unspecified atom stereocenters. The van der Waals surface area contributed by atoms with E-state index in [1.807, 2.05) is 0 Å². The molecule has 1 aliphatic rings. The number of rotatable bonds is 4.